The number of hydrogen-bond donors (Lipinski definition) is 2. The Morgan fingerprint density at radius 3 is 2.65 bits per heavy atom. The topological polar surface area (TPSA) is 88.5 Å². The van der Waals surface area contributed by atoms with Crippen LogP contribution in [0.15, 0.2) is 28.7 Å². The van der Waals surface area contributed by atoms with Crippen LogP contribution < -0.4 is 5.32 Å². The smallest absolute Gasteiger partial charge is 0.273 e. The van der Waals surface area contributed by atoms with Crippen molar-refractivity contribution in [3.63, 3.8) is 0 Å². The van der Waals surface area contributed by atoms with E-state index in [9.17, 15) is 15.2 Å². The van der Waals surface area contributed by atoms with Crippen molar-refractivity contribution in [3.8, 4) is 0 Å². The first-order chi connectivity index (χ1) is 10.7. The minimum absolute atomic E-state index is 0.00289. The molecule has 2 aromatic rings. The van der Waals surface area contributed by atoms with E-state index in [1.165, 1.54) is 12.1 Å². The van der Waals surface area contributed by atoms with Crippen molar-refractivity contribution in [3.05, 3.63) is 62.0 Å². The van der Waals surface area contributed by atoms with Gasteiger partial charge in [0.25, 0.3) is 5.69 Å². The summed E-state index contributed by atoms with van der Waals surface area (Å²) in [5.74, 6) is 1.38. The van der Waals surface area contributed by atoms with Crippen molar-refractivity contribution >= 4 is 17.3 Å². The second-order valence-corrected chi connectivity index (χ2v) is 6.17. The van der Waals surface area contributed by atoms with Gasteiger partial charge in [-0.05, 0) is 39.0 Å². The van der Waals surface area contributed by atoms with Gasteiger partial charge in [0.15, 0.2) is 0 Å². The Morgan fingerprint density at radius 2 is 2.09 bits per heavy atom. The van der Waals surface area contributed by atoms with Crippen molar-refractivity contribution in [2.45, 2.75) is 32.9 Å². The van der Waals surface area contributed by atoms with Gasteiger partial charge >= 0.3 is 0 Å². The lowest BCUT2D eigenvalue weighted by atomic mass is 9.96. The third-order valence-electron chi connectivity index (χ3n) is 3.64. The molecule has 0 saturated carbocycles. The Balaban J connectivity index is 2.09. The fourth-order valence-corrected chi connectivity index (χ4v) is 2.77. The van der Waals surface area contributed by atoms with Crippen LogP contribution in [0.5, 0.6) is 0 Å². The van der Waals surface area contributed by atoms with Crippen LogP contribution in [-0.4, -0.2) is 16.6 Å². The van der Waals surface area contributed by atoms with E-state index in [2.05, 4.69) is 5.32 Å². The zero-order valence-corrected chi connectivity index (χ0v) is 14.0. The Morgan fingerprint density at radius 1 is 1.39 bits per heavy atom. The molecule has 7 heteroatoms. The molecule has 1 aromatic heterocycles. The van der Waals surface area contributed by atoms with E-state index in [0.717, 1.165) is 5.76 Å². The second-order valence-electron chi connectivity index (χ2n) is 5.73. The molecule has 2 N–H and O–H groups in total. The SMILES string of the molecule is Cc1cc(C(C)(O)CNCc2cc(Cl)ccc2[N+](=O)[O-])c(C)o1. The quantitative estimate of drug-likeness (QED) is 0.622. The Bertz CT molecular complexity index is 725. The van der Waals surface area contributed by atoms with Gasteiger partial charge in [-0.2, -0.15) is 0 Å². The summed E-state index contributed by atoms with van der Waals surface area (Å²) < 4.78 is 5.44. The zero-order chi connectivity index (χ0) is 17.2. The number of nitro groups is 1. The second kappa shape index (κ2) is 6.70. The normalized spacial score (nSPS) is 13.8. The number of aryl methyl sites for hydroxylation is 2. The van der Waals surface area contributed by atoms with Crippen LogP contribution in [0.3, 0.4) is 0 Å². The maximum atomic E-state index is 11.0. The molecule has 0 aliphatic heterocycles. The number of rotatable bonds is 6. The molecule has 23 heavy (non-hydrogen) atoms. The number of nitrogens with zero attached hydrogens (tertiary/aromatic N) is 1. The first-order valence-electron chi connectivity index (χ1n) is 7.14. The molecule has 0 amide bonds. The minimum Gasteiger partial charge on any atom is -0.466 e. The summed E-state index contributed by atoms with van der Waals surface area (Å²) in [4.78, 5) is 10.6. The van der Waals surface area contributed by atoms with Gasteiger partial charge in [-0.3, -0.25) is 10.1 Å². The van der Waals surface area contributed by atoms with E-state index in [0.29, 0.717) is 21.9 Å². The summed E-state index contributed by atoms with van der Waals surface area (Å²) in [6.07, 6.45) is 0. The molecule has 1 unspecified atom stereocenters. The number of halogens is 1. The van der Waals surface area contributed by atoms with E-state index < -0.39 is 10.5 Å². The summed E-state index contributed by atoms with van der Waals surface area (Å²) in [5, 5.41) is 25.1. The predicted molar refractivity (Wildman–Crippen MR) is 87.6 cm³/mol. The van der Waals surface area contributed by atoms with Crippen LogP contribution in [0.1, 0.15) is 29.6 Å². The van der Waals surface area contributed by atoms with Crippen LogP contribution in [0.2, 0.25) is 5.02 Å². The van der Waals surface area contributed by atoms with Crippen LogP contribution in [-0.2, 0) is 12.1 Å². The molecule has 0 bridgehead atoms. The molecule has 0 saturated heterocycles. The molecule has 0 aliphatic carbocycles. The van der Waals surface area contributed by atoms with Crippen LogP contribution in [0, 0.1) is 24.0 Å². The molecular formula is C16H19ClN2O4. The molecular weight excluding hydrogens is 320 g/mol. The summed E-state index contributed by atoms with van der Waals surface area (Å²) in [5.41, 5.74) is 0.0215. The highest BCUT2D eigenvalue weighted by Gasteiger charge is 2.27. The van der Waals surface area contributed by atoms with Gasteiger partial charge in [0.05, 0.1) is 4.92 Å². The molecule has 0 spiro atoms. The number of aliphatic hydroxyl groups is 1. The fraction of sp³-hybridized carbons (Fsp3) is 0.375. The molecule has 2 rings (SSSR count). The summed E-state index contributed by atoms with van der Waals surface area (Å²) in [6.45, 7) is 5.72. The standard InChI is InChI=1S/C16H19ClN2O4/c1-10-6-14(11(2)23-10)16(3,20)9-18-8-12-7-13(17)4-5-15(12)19(21)22/h4-7,18,20H,8-9H2,1-3H3. The highest BCUT2D eigenvalue weighted by molar-refractivity contribution is 6.30. The molecule has 1 heterocycles. The predicted octanol–water partition coefficient (Wildman–Crippen LogP) is 3.46. The lowest BCUT2D eigenvalue weighted by Crippen LogP contribution is -2.35. The maximum absolute atomic E-state index is 11.0. The number of hydrogen-bond acceptors (Lipinski definition) is 5. The molecule has 0 aliphatic rings. The summed E-state index contributed by atoms with van der Waals surface area (Å²) in [7, 11) is 0. The first kappa shape index (κ1) is 17.5. The number of nitrogens with one attached hydrogen (secondary N) is 1. The van der Waals surface area contributed by atoms with E-state index in [-0.39, 0.29) is 18.8 Å². The van der Waals surface area contributed by atoms with Gasteiger partial charge in [-0.1, -0.05) is 11.6 Å². The minimum atomic E-state index is -1.14. The van der Waals surface area contributed by atoms with Gasteiger partial charge in [-0.15, -0.1) is 0 Å². The lowest BCUT2D eigenvalue weighted by Gasteiger charge is -2.23. The van der Waals surface area contributed by atoms with Crippen molar-refractivity contribution in [1.82, 2.24) is 5.32 Å². The van der Waals surface area contributed by atoms with Crippen LogP contribution in [0.4, 0.5) is 5.69 Å². The molecule has 0 fully saturated rings. The van der Waals surface area contributed by atoms with Gasteiger partial charge in [0, 0.05) is 35.3 Å². The van der Waals surface area contributed by atoms with Gasteiger partial charge in [0.2, 0.25) is 0 Å². The van der Waals surface area contributed by atoms with Crippen LogP contribution >= 0.6 is 11.6 Å². The summed E-state index contributed by atoms with van der Waals surface area (Å²) in [6, 6.07) is 6.20. The molecule has 0 radical (unpaired) electrons. The number of furan rings is 1. The number of nitro benzene ring substituents is 1. The van der Waals surface area contributed by atoms with Gasteiger partial charge < -0.3 is 14.8 Å². The number of benzene rings is 1. The monoisotopic (exact) mass is 338 g/mol. The first-order valence-corrected chi connectivity index (χ1v) is 7.52. The third-order valence-corrected chi connectivity index (χ3v) is 3.88. The zero-order valence-electron chi connectivity index (χ0n) is 13.2. The van der Waals surface area contributed by atoms with Crippen LogP contribution in [0.25, 0.3) is 0 Å². The molecule has 1 aromatic carbocycles. The largest absolute Gasteiger partial charge is 0.466 e. The Labute approximate surface area is 139 Å². The Hall–Kier alpha value is -1.89. The third kappa shape index (κ3) is 4.10. The molecule has 6 nitrogen and oxygen atoms in total. The van der Waals surface area contributed by atoms with Gasteiger partial charge in [0.1, 0.15) is 17.1 Å². The average Bonchev–Trinajstić information content (AvgIpc) is 2.78. The average molecular weight is 339 g/mol. The van der Waals surface area contributed by atoms with E-state index >= 15 is 0 Å². The summed E-state index contributed by atoms with van der Waals surface area (Å²) >= 11 is 5.90. The molecule has 124 valence electrons. The van der Waals surface area contributed by atoms with Crippen molar-refractivity contribution in [1.29, 1.82) is 0 Å². The van der Waals surface area contributed by atoms with E-state index in [4.69, 9.17) is 16.0 Å². The van der Waals surface area contributed by atoms with Crippen molar-refractivity contribution < 1.29 is 14.4 Å². The van der Waals surface area contributed by atoms with Crippen molar-refractivity contribution in [2.24, 2.45) is 0 Å². The Kier molecular flexibility index (Phi) is 5.09. The highest BCUT2D eigenvalue weighted by atomic mass is 35.5. The lowest BCUT2D eigenvalue weighted by molar-refractivity contribution is -0.385. The maximum Gasteiger partial charge on any atom is 0.273 e. The fourth-order valence-electron chi connectivity index (χ4n) is 2.58. The van der Waals surface area contributed by atoms with Gasteiger partial charge in [-0.25, -0.2) is 0 Å². The highest BCUT2D eigenvalue weighted by Crippen LogP contribution is 2.27. The van der Waals surface area contributed by atoms with Crippen molar-refractivity contribution in [2.75, 3.05) is 6.54 Å². The van der Waals surface area contributed by atoms with E-state index in [1.807, 2.05) is 6.92 Å². The molecule has 1 atom stereocenters. The van der Waals surface area contributed by atoms with E-state index in [1.54, 1.807) is 26.0 Å².